The number of likely N-dealkylation sites (tertiary alicyclic amines) is 1. The van der Waals surface area contributed by atoms with Gasteiger partial charge in [-0.2, -0.15) is 0 Å². The van der Waals surface area contributed by atoms with Crippen molar-refractivity contribution in [1.82, 2.24) is 19.6 Å². The molecule has 1 saturated heterocycles. The van der Waals surface area contributed by atoms with Gasteiger partial charge >= 0.3 is 0 Å². The summed E-state index contributed by atoms with van der Waals surface area (Å²) in [6.07, 6.45) is 2.51. The molecule has 3 atom stereocenters. The number of aromatic nitrogens is 2. The van der Waals surface area contributed by atoms with Crippen LogP contribution in [0.4, 0.5) is 4.39 Å². The van der Waals surface area contributed by atoms with Gasteiger partial charge in [-0.05, 0) is 47.7 Å². The summed E-state index contributed by atoms with van der Waals surface area (Å²) >= 11 is 6.10. The number of aliphatic hydroxyl groups excluding tert-OH is 1. The Morgan fingerprint density at radius 1 is 1.26 bits per heavy atom. The van der Waals surface area contributed by atoms with E-state index in [1.54, 1.807) is 60.8 Å². The summed E-state index contributed by atoms with van der Waals surface area (Å²) < 4.78 is 15.8. The molecule has 34 heavy (non-hydrogen) atoms. The highest BCUT2D eigenvalue weighted by molar-refractivity contribution is 6.30. The number of amides is 2. The standard InChI is InChI=1S/C25H28ClFN4O3/c1-25(2,3)22(32)23(33)29-20-13-30(8-7-19(20)15-9-16(26)11-17(27)10-15)24(34)21-6-4-5-18-12-28-14-31(18)21/h4-6,9-12,14,19-20,22,32H,7-8,13H2,1-3H3,(H,29,33)/t19-,20+,22+/m0/s1. The molecule has 2 amide bonds. The summed E-state index contributed by atoms with van der Waals surface area (Å²) in [5.74, 6) is -1.48. The second kappa shape index (κ2) is 9.35. The molecule has 7 nitrogen and oxygen atoms in total. The third kappa shape index (κ3) is 4.93. The van der Waals surface area contributed by atoms with Crippen LogP contribution < -0.4 is 5.32 Å². The van der Waals surface area contributed by atoms with Gasteiger partial charge in [0.25, 0.3) is 5.91 Å². The topological polar surface area (TPSA) is 86.9 Å². The molecular weight excluding hydrogens is 459 g/mol. The molecule has 2 aromatic heterocycles. The molecule has 0 bridgehead atoms. The van der Waals surface area contributed by atoms with E-state index < -0.39 is 29.3 Å². The van der Waals surface area contributed by atoms with E-state index in [-0.39, 0.29) is 23.4 Å². The first kappa shape index (κ1) is 24.2. The summed E-state index contributed by atoms with van der Waals surface area (Å²) in [6, 6.07) is 9.16. The van der Waals surface area contributed by atoms with E-state index in [1.807, 2.05) is 6.07 Å². The minimum Gasteiger partial charge on any atom is -0.383 e. The lowest BCUT2D eigenvalue weighted by Gasteiger charge is -2.40. The number of hydrogen-bond acceptors (Lipinski definition) is 4. The zero-order valence-electron chi connectivity index (χ0n) is 19.3. The Hall–Kier alpha value is -2.97. The SMILES string of the molecule is CC(C)(C)[C@H](O)C(=O)N[C@@H]1CN(C(=O)c2cccc3cncn23)CC[C@H]1c1cc(F)cc(Cl)c1. The van der Waals surface area contributed by atoms with E-state index in [9.17, 15) is 19.1 Å². The first-order valence-electron chi connectivity index (χ1n) is 11.2. The molecule has 3 aromatic rings. The third-order valence-electron chi connectivity index (χ3n) is 6.28. The highest BCUT2D eigenvalue weighted by Gasteiger charge is 2.37. The van der Waals surface area contributed by atoms with Crippen LogP contribution in [0.1, 0.15) is 49.2 Å². The van der Waals surface area contributed by atoms with Crippen LogP contribution in [-0.4, -0.2) is 56.4 Å². The maximum atomic E-state index is 14.1. The third-order valence-corrected chi connectivity index (χ3v) is 6.49. The van der Waals surface area contributed by atoms with Gasteiger partial charge in [0.1, 0.15) is 17.6 Å². The van der Waals surface area contributed by atoms with Gasteiger partial charge in [-0.25, -0.2) is 9.37 Å². The number of carbonyl (C=O) groups excluding carboxylic acids is 2. The molecule has 1 aliphatic rings. The zero-order chi connectivity index (χ0) is 24.6. The molecule has 0 aliphatic carbocycles. The number of fused-ring (bicyclic) bond motifs is 1. The molecule has 4 rings (SSSR count). The quantitative estimate of drug-likeness (QED) is 0.589. The highest BCUT2D eigenvalue weighted by Crippen LogP contribution is 2.32. The predicted molar refractivity (Wildman–Crippen MR) is 127 cm³/mol. The van der Waals surface area contributed by atoms with Crippen LogP contribution in [0.15, 0.2) is 48.9 Å². The van der Waals surface area contributed by atoms with Gasteiger partial charge in [-0.1, -0.05) is 38.4 Å². The van der Waals surface area contributed by atoms with Crippen molar-refractivity contribution in [3.05, 3.63) is 71.0 Å². The van der Waals surface area contributed by atoms with Gasteiger partial charge in [-0.15, -0.1) is 0 Å². The van der Waals surface area contributed by atoms with Gasteiger partial charge in [-0.3, -0.25) is 14.0 Å². The Bertz CT molecular complexity index is 1200. The Balaban J connectivity index is 1.63. The number of imidazole rings is 1. The maximum Gasteiger partial charge on any atom is 0.270 e. The Kier molecular flexibility index (Phi) is 6.64. The lowest BCUT2D eigenvalue weighted by atomic mass is 9.83. The number of pyridine rings is 1. The van der Waals surface area contributed by atoms with Crippen LogP contribution in [-0.2, 0) is 4.79 Å². The van der Waals surface area contributed by atoms with Crippen LogP contribution in [0, 0.1) is 11.2 Å². The zero-order valence-corrected chi connectivity index (χ0v) is 20.1. The average Bonchev–Trinajstić information content (AvgIpc) is 3.25. The maximum absolute atomic E-state index is 14.1. The molecule has 180 valence electrons. The van der Waals surface area contributed by atoms with E-state index in [2.05, 4.69) is 10.3 Å². The van der Waals surface area contributed by atoms with E-state index >= 15 is 0 Å². The van der Waals surface area contributed by atoms with E-state index in [0.29, 0.717) is 24.2 Å². The van der Waals surface area contributed by atoms with Crippen molar-refractivity contribution < 1.29 is 19.1 Å². The number of hydrogen-bond donors (Lipinski definition) is 2. The van der Waals surface area contributed by atoms with Crippen molar-refractivity contribution in [1.29, 1.82) is 0 Å². The van der Waals surface area contributed by atoms with Gasteiger partial charge < -0.3 is 15.3 Å². The van der Waals surface area contributed by atoms with Crippen molar-refractivity contribution in [2.75, 3.05) is 13.1 Å². The number of nitrogens with zero attached hydrogens (tertiary/aromatic N) is 3. The lowest BCUT2D eigenvalue weighted by Crippen LogP contribution is -2.56. The fourth-order valence-corrected chi connectivity index (χ4v) is 4.64. The minimum atomic E-state index is -1.24. The van der Waals surface area contributed by atoms with Crippen LogP contribution >= 0.6 is 11.6 Å². The normalized spacial score (nSPS) is 19.8. The van der Waals surface area contributed by atoms with Crippen LogP contribution in [0.3, 0.4) is 0 Å². The predicted octanol–water partition coefficient (Wildman–Crippen LogP) is 3.65. The van der Waals surface area contributed by atoms with Crippen LogP contribution in [0.2, 0.25) is 5.02 Å². The number of piperidine rings is 1. The fraction of sp³-hybridized carbons (Fsp3) is 0.400. The second-order valence-corrected chi connectivity index (χ2v) is 10.3. The number of benzene rings is 1. The first-order valence-corrected chi connectivity index (χ1v) is 11.6. The van der Waals surface area contributed by atoms with Crippen molar-refractivity contribution in [2.45, 2.75) is 45.3 Å². The molecule has 1 fully saturated rings. The second-order valence-electron chi connectivity index (χ2n) is 9.83. The van der Waals surface area contributed by atoms with E-state index in [0.717, 1.165) is 5.52 Å². The largest absolute Gasteiger partial charge is 0.383 e. The Labute approximate surface area is 202 Å². The highest BCUT2D eigenvalue weighted by atomic mass is 35.5. The number of aliphatic hydroxyl groups is 1. The van der Waals surface area contributed by atoms with Gasteiger partial charge in [0, 0.05) is 24.0 Å². The van der Waals surface area contributed by atoms with Crippen LogP contribution in [0.25, 0.3) is 5.52 Å². The van der Waals surface area contributed by atoms with Crippen molar-refractivity contribution in [2.24, 2.45) is 5.41 Å². The summed E-state index contributed by atoms with van der Waals surface area (Å²) in [7, 11) is 0. The summed E-state index contributed by atoms with van der Waals surface area (Å²) in [5.41, 5.74) is 1.24. The summed E-state index contributed by atoms with van der Waals surface area (Å²) in [4.78, 5) is 32.1. The molecule has 0 radical (unpaired) electrons. The van der Waals surface area contributed by atoms with E-state index in [1.165, 1.54) is 12.1 Å². The van der Waals surface area contributed by atoms with Gasteiger partial charge in [0.05, 0.1) is 24.1 Å². The first-order chi connectivity index (χ1) is 16.0. The molecule has 1 aromatic carbocycles. The Morgan fingerprint density at radius 3 is 2.74 bits per heavy atom. The van der Waals surface area contributed by atoms with Crippen LogP contribution in [0.5, 0.6) is 0 Å². The molecule has 0 saturated carbocycles. The van der Waals surface area contributed by atoms with E-state index in [4.69, 9.17) is 11.6 Å². The fourth-order valence-electron chi connectivity index (χ4n) is 4.41. The lowest BCUT2D eigenvalue weighted by molar-refractivity contribution is -0.135. The van der Waals surface area contributed by atoms with Gasteiger partial charge in [0.2, 0.25) is 5.91 Å². The average molecular weight is 487 g/mol. The van der Waals surface area contributed by atoms with Crippen molar-refractivity contribution in [3.63, 3.8) is 0 Å². The molecule has 3 heterocycles. The Morgan fingerprint density at radius 2 is 2.03 bits per heavy atom. The summed E-state index contributed by atoms with van der Waals surface area (Å²) in [5, 5.41) is 13.7. The smallest absolute Gasteiger partial charge is 0.270 e. The molecule has 1 aliphatic heterocycles. The number of halogens is 2. The molecule has 0 unspecified atom stereocenters. The van der Waals surface area contributed by atoms with Gasteiger partial charge in [0.15, 0.2) is 0 Å². The molecular formula is C25H28ClFN4O3. The number of carbonyl (C=O) groups is 2. The molecule has 9 heteroatoms. The van der Waals surface area contributed by atoms with Crippen molar-refractivity contribution in [3.8, 4) is 0 Å². The summed E-state index contributed by atoms with van der Waals surface area (Å²) in [6.45, 7) is 5.92. The molecule has 2 N–H and O–H groups in total. The number of rotatable bonds is 4. The molecule has 0 spiro atoms. The number of nitrogens with one attached hydrogen (secondary N) is 1. The minimum absolute atomic E-state index is 0.199. The van der Waals surface area contributed by atoms with Crippen molar-refractivity contribution >= 4 is 28.9 Å². The monoisotopic (exact) mass is 486 g/mol.